The minimum atomic E-state index is 0.336. The van der Waals surface area contributed by atoms with Gasteiger partial charge < -0.3 is 16.8 Å². The maximum absolute atomic E-state index is 5.62. The zero-order valence-electron chi connectivity index (χ0n) is 10.5. The van der Waals surface area contributed by atoms with Gasteiger partial charge in [-0.2, -0.15) is 0 Å². The van der Waals surface area contributed by atoms with E-state index < -0.39 is 0 Å². The molecule has 0 radical (unpaired) electrons. The topological polar surface area (TPSA) is 116 Å². The maximum atomic E-state index is 5.62. The van der Waals surface area contributed by atoms with E-state index in [0.717, 1.165) is 18.8 Å². The predicted octanol–water partition coefficient (Wildman–Crippen LogP) is 1.40. The van der Waals surface area contributed by atoms with Crippen molar-refractivity contribution in [3.63, 3.8) is 0 Å². The highest BCUT2D eigenvalue weighted by Gasteiger charge is 2.06. The molecule has 0 unspecified atom stereocenters. The molecule has 0 fully saturated rings. The van der Waals surface area contributed by atoms with E-state index in [1.165, 1.54) is 17.8 Å². The molecule has 7 nitrogen and oxygen atoms in total. The Labute approximate surface area is 115 Å². The van der Waals surface area contributed by atoms with Crippen molar-refractivity contribution in [2.45, 2.75) is 23.5 Å². The molecule has 0 aliphatic carbocycles. The Hall–Kier alpha value is -2.09. The first kappa shape index (κ1) is 13.3. The van der Waals surface area contributed by atoms with Gasteiger partial charge in [-0.25, -0.2) is 15.0 Å². The minimum Gasteiger partial charge on any atom is -0.383 e. The first-order chi connectivity index (χ1) is 9.17. The summed E-state index contributed by atoms with van der Waals surface area (Å²) >= 11 is 1.27. The van der Waals surface area contributed by atoms with Crippen molar-refractivity contribution < 1.29 is 0 Å². The normalized spacial score (nSPS) is 10.4. The molecule has 8 heteroatoms. The lowest BCUT2D eigenvalue weighted by atomic mass is 10.5. The molecule has 19 heavy (non-hydrogen) atoms. The fourth-order valence-corrected chi connectivity index (χ4v) is 2.08. The molecule has 0 aromatic carbocycles. The van der Waals surface area contributed by atoms with Crippen LogP contribution in [0, 0.1) is 0 Å². The van der Waals surface area contributed by atoms with E-state index in [2.05, 4.69) is 32.2 Å². The van der Waals surface area contributed by atoms with Crippen LogP contribution in [-0.4, -0.2) is 26.5 Å². The molecular weight excluding hydrogens is 262 g/mol. The Kier molecular flexibility index (Phi) is 4.35. The van der Waals surface area contributed by atoms with Gasteiger partial charge in [-0.3, -0.25) is 4.98 Å². The van der Waals surface area contributed by atoms with Crippen LogP contribution in [0.2, 0.25) is 0 Å². The number of hydrogen-bond acceptors (Lipinski definition) is 8. The summed E-state index contributed by atoms with van der Waals surface area (Å²) in [6.07, 6.45) is 4.34. The summed E-state index contributed by atoms with van der Waals surface area (Å²) in [4.78, 5) is 16.7. The third-order valence-electron chi connectivity index (χ3n) is 2.11. The lowest BCUT2D eigenvalue weighted by Gasteiger charge is -2.05. The molecule has 0 saturated carbocycles. The Morgan fingerprint density at radius 3 is 2.58 bits per heavy atom. The molecule has 0 aliphatic rings. The third-order valence-corrected chi connectivity index (χ3v) is 2.88. The quantitative estimate of drug-likeness (QED) is 0.702. The fraction of sp³-hybridized carbons (Fsp3) is 0.273. The largest absolute Gasteiger partial charge is 0.383 e. The van der Waals surface area contributed by atoms with Gasteiger partial charge in [0.15, 0.2) is 5.16 Å². The van der Waals surface area contributed by atoms with Crippen molar-refractivity contribution >= 4 is 29.2 Å². The minimum absolute atomic E-state index is 0.336. The first-order valence-corrected chi connectivity index (χ1v) is 6.63. The van der Waals surface area contributed by atoms with Crippen molar-refractivity contribution in [2.75, 3.05) is 23.3 Å². The van der Waals surface area contributed by atoms with Crippen molar-refractivity contribution in [3.05, 3.63) is 18.5 Å². The monoisotopic (exact) mass is 277 g/mol. The zero-order valence-corrected chi connectivity index (χ0v) is 11.3. The SMILES string of the molecule is CCCNc1cncc(Sc2nc(N)cc(N)n2)n1. The molecule has 2 heterocycles. The Morgan fingerprint density at radius 2 is 1.89 bits per heavy atom. The number of hydrogen-bond donors (Lipinski definition) is 3. The van der Waals surface area contributed by atoms with Crippen molar-refractivity contribution in [3.8, 4) is 0 Å². The van der Waals surface area contributed by atoms with Crippen LogP contribution in [0.4, 0.5) is 17.5 Å². The van der Waals surface area contributed by atoms with Gasteiger partial charge >= 0.3 is 0 Å². The number of anilines is 3. The highest BCUT2D eigenvalue weighted by Crippen LogP contribution is 2.24. The number of aromatic nitrogens is 4. The van der Waals surface area contributed by atoms with Crippen LogP contribution in [0.1, 0.15) is 13.3 Å². The smallest absolute Gasteiger partial charge is 0.197 e. The van der Waals surface area contributed by atoms with Crippen molar-refractivity contribution in [1.29, 1.82) is 0 Å². The van der Waals surface area contributed by atoms with Crippen molar-refractivity contribution in [2.24, 2.45) is 0 Å². The molecule has 100 valence electrons. The summed E-state index contributed by atoms with van der Waals surface area (Å²) in [5.41, 5.74) is 11.2. The van der Waals surface area contributed by atoms with E-state index in [1.807, 2.05) is 0 Å². The number of nitrogens with two attached hydrogens (primary N) is 2. The first-order valence-electron chi connectivity index (χ1n) is 5.81. The van der Waals surface area contributed by atoms with Crippen LogP contribution in [0.3, 0.4) is 0 Å². The summed E-state index contributed by atoms with van der Waals surface area (Å²) in [6.45, 7) is 2.94. The summed E-state index contributed by atoms with van der Waals surface area (Å²) in [6, 6.07) is 1.51. The van der Waals surface area contributed by atoms with E-state index in [0.29, 0.717) is 21.8 Å². The second-order valence-electron chi connectivity index (χ2n) is 3.77. The summed E-state index contributed by atoms with van der Waals surface area (Å²) in [5.74, 6) is 1.40. The molecule has 2 aromatic heterocycles. The number of nitrogens with zero attached hydrogens (tertiary/aromatic N) is 4. The van der Waals surface area contributed by atoms with Crippen LogP contribution in [-0.2, 0) is 0 Å². The highest BCUT2D eigenvalue weighted by molar-refractivity contribution is 7.99. The van der Waals surface area contributed by atoms with Gasteiger partial charge in [-0.05, 0) is 18.2 Å². The summed E-state index contributed by atoms with van der Waals surface area (Å²) < 4.78 is 0. The summed E-state index contributed by atoms with van der Waals surface area (Å²) in [5, 5.41) is 4.31. The van der Waals surface area contributed by atoms with Gasteiger partial charge in [0.1, 0.15) is 22.5 Å². The molecule has 0 aliphatic heterocycles. The van der Waals surface area contributed by atoms with E-state index in [-0.39, 0.29) is 0 Å². The van der Waals surface area contributed by atoms with Gasteiger partial charge in [0.25, 0.3) is 0 Å². The lowest BCUT2D eigenvalue weighted by molar-refractivity contribution is 0.941. The molecule has 5 N–H and O–H groups in total. The van der Waals surface area contributed by atoms with Crippen LogP contribution in [0.5, 0.6) is 0 Å². The van der Waals surface area contributed by atoms with Crippen LogP contribution < -0.4 is 16.8 Å². The third kappa shape index (κ3) is 3.95. The molecule has 0 saturated heterocycles. The molecule has 2 rings (SSSR count). The Bertz CT molecular complexity index is 540. The highest BCUT2D eigenvalue weighted by atomic mass is 32.2. The molecule has 2 aromatic rings. The Morgan fingerprint density at radius 1 is 1.16 bits per heavy atom. The van der Waals surface area contributed by atoms with Crippen molar-refractivity contribution in [1.82, 2.24) is 19.9 Å². The molecule has 0 atom stereocenters. The van der Waals surface area contributed by atoms with E-state index >= 15 is 0 Å². The average molecular weight is 277 g/mol. The Balaban J connectivity index is 2.13. The standard InChI is InChI=1S/C11H15N7S/c1-2-3-15-9-5-14-6-10(18-9)19-11-16-7(12)4-8(13)17-11/h4-6H,2-3H2,1H3,(H,15,18)(H4,12,13,16,17). The maximum Gasteiger partial charge on any atom is 0.197 e. The number of rotatable bonds is 5. The second kappa shape index (κ2) is 6.19. The lowest BCUT2D eigenvalue weighted by Crippen LogP contribution is -2.03. The number of nitrogen functional groups attached to an aromatic ring is 2. The van der Waals surface area contributed by atoms with Gasteiger partial charge in [-0.15, -0.1) is 0 Å². The molecule has 0 amide bonds. The second-order valence-corrected chi connectivity index (χ2v) is 4.76. The molecule has 0 bridgehead atoms. The average Bonchev–Trinajstić information content (AvgIpc) is 2.35. The predicted molar refractivity (Wildman–Crippen MR) is 75.8 cm³/mol. The molecular formula is C11H15N7S. The van der Waals surface area contributed by atoms with Gasteiger partial charge in [0.05, 0.1) is 12.4 Å². The molecule has 0 spiro atoms. The summed E-state index contributed by atoms with van der Waals surface area (Å²) in [7, 11) is 0. The number of nitrogens with one attached hydrogen (secondary N) is 1. The zero-order chi connectivity index (χ0) is 13.7. The van der Waals surface area contributed by atoms with E-state index in [1.54, 1.807) is 12.4 Å². The van der Waals surface area contributed by atoms with Crippen LogP contribution >= 0.6 is 11.8 Å². The van der Waals surface area contributed by atoms with Gasteiger partial charge in [0.2, 0.25) is 0 Å². The van der Waals surface area contributed by atoms with Gasteiger partial charge in [-0.1, -0.05) is 6.92 Å². The van der Waals surface area contributed by atoms with Gasteiger partial charge in [0, 0.05) is 12.6 Å². The van der Waals surface area contributed by atoms with Crippen LogP contribution in [0.25, 0.3) is 0 Å². The van der Waals surface area contributed by atoms with Crippen LogP contribution in [0.15, 0.2) is 28.6 Å². The van der Waals surface area contributed by atoms with E-state index in [9.17, 15) is 0 Å². The fourth-order valence-electron chi connectivity index (χ4n) is 1.34. The van der Waals surface area contributed by atoms with E-state index in [4.69, 9.17) is 11.5 Å².